The van der Waals surface area contributed by atoms with Gasteiger partial charge in [0.25, 0.3) is 0 Å². The van der Waals surface area contributed by atoms with E-state index in [0.717, 1.165) is 23.6 Å². The van der Waals surface area contributed by atoms with Crippen molar-refractivity contribution < 1.29 is 9.53 Å². The summed E-state index contributed by atoms with van der Waals surface area (Å²) in [5.74, 6) is 0.213. The minimum atomic E-state index is -0.339. The van der Waals surface area contributed by atoms with Gasteiger partial charge in [-0.2, -0.15) is 0 Å². The smallest absolute Gasteiger partial charge is 0.343 e. The van der Waals surface area contributed by atoms with Crippen LogP contribution in [0.1, 0.15) is 21.5 Å². The molecule has 0 radical (unpaired) electrons. The second-order valence-corrected chi connectivity index (χ2v) is 7.78. The Balaban J connectivity index is 1.30. The normalized spacial score (nSPS) is 11.0. The molecule has 0 bridgehead atoms. The Bertz CT molecular complexity index is 1370. The van der Waals surface area contributed by atoms with Crippen LogP contribution in [0.3, 0.4) is 0 Å². The SMILES string of the molecule is O=C(Oc1ccccc1)c1ccc2cc(CCc3ccc4ccccc4c3)ccc2c1. The van der Waals surface area contributed by atoms with Crippen LogP contribution in [0.15, 0.2) is 109 Å². The van der Waals surface area contributed by atoms with Crippen molar-refractivity contribution in [3.63, 3.8) is 0 Å². The molecule has 5 aromatic rings. The van der Waals surface area contributed by atoms with E-state index in [1.165, 1.54) is 21.9 Å². The molecule has 2 nitrogen and oxygen atoms in total. The average molecular weight is 402 g/mol. The molecule has 0 saturated heterocycles. The third-order valence-electron chi connectivity index (χ3n) is 5.61. The lowest BCUT2D eigenvalue weighted by molar-refractivity contribution is 0.0735. The Morgan fingerprint density at radius 2 is 1.10 bits per heavy atom. The summed E-state index contributed by atoms with van der Waals surface area (Å²) < 4.78 is 5.45. The van der Waals surface area contributed by atoms with Gasteiger partial charge in [-0.3, -0.25) is 0 Å². The number of benzene rings is 5. The number of fused-ring (bicyclic) bond motifs is 2. The van der Waals surface area contributed by atoms with Gasteiger partial charge in [-0.25, -0.2) is 4.79 Å². The first-order valence-corrected chi connectivity index (χ1v) is 10.5. The summed E-state index contributed by atoms with van der Waals surface area (Å²) in [5.41, 5.74) is 3.19. The Hall–Kier alpha value is -3.91. The minimum Gasteiger partial charge on any atom is -0.423 e. The van der Waals surface area contributed by atoms with Crippen molar-refractivity contribution in [3.8, 4) is 5.75 Å². The highest BCUT2D eigenvalue weighted by Gasteiger charge is 2.09. The van der Waals surface area contributed by atoms with Crippen LogP contribution in [0.2, 0.25) is 0 Å². The summed E-state index contributed by atoms with van der Waals surface area (Å²) in [6.45, 7) is 0. The molecule has 0 saturated carbocycles. The fraction of sp³-hybridized carbons (Fsp3) is 0.0690. The van der Waals surface area contributed by atoms with E-state index in [0.29, 0.717) is 11.3 Å². The molecule has 5 rings (SSSR count). The summed E-state index contributed by atoms with van der Waals surface area (Å²) in [6, 6.07) is 36.5. The first-order valence-electron chi connectivity index (χ1n) is 10.5. The van der Waals surface area contributed by atoms with Crippen LogP contribution in [0.25, 0.3) is 21.5 Å². The summed E-state index contributed by atoms with van der Waals surface area (Å²) in [6.07, 6.45) is 1.98. The number of esters is 1. The van der Waals surface area contributed by atoms with Gasteiger partial charge in [0.1, 0.15) is 5.75 Å². The molecule has 0 N–H and O–H groups in total. The van der Waals surface area contributed by atoms with Gasteiger partial charge in [-0.1, -0.05) is 84.9 Å². The number of hydrogen-bond donors (Lipinski definition) is 0. The van der Waals surface area contributed by atoms with Crippen LogP contribution in [0.5, 0.6) is 5.75 Å². The molecule has 0 aliphatic rings. The molecule has 0 heterocycles. The van der Waals surface area contributed by atoms with Gasteiger partial charge in [-0.15, -0.1) is 0 Å². The van der Waals surface area contributed by atoms with Crippen LogP contribution >= 0.6 is 0 Å². The van der Waals surface area contributed by atoms with Gasteiger partial charge in [-0.05, 0) is 69.8 Å². The lowest BCUT2D eigenvalue weighted by Gasteiger charge is -2.08. The topological polar surface area (TPSA) is 26.3 Å². The van der Waals surface area contributed by atoms with Gasteiger partial charge in [0.15, 0.2) is 0 Å². The minimum absolute atomic E-state index is 0.339. The van der Waals surface area contributed by atoms with Gasteiger partial charge >= 0.3 is 5.97 Å². The van der Waals surface area contributed by atoms with Crippen LogP contribution < -0.4 is 4.74 Å². The van der Waals surface area contributed by atoms with Crippen molar-refractivity contribution >= 4 is 27.5 Å². The van der Waals surface area contributed by atoms with E-state index in [1.807, 2.05) is 36.4 Å². The zero-order valence-corrected chi connectivity index (χ0v) is 17.1. The zero-order valence-electron chi connectivity index (χ0n) is 17.1. The molecule has 31 heavy (non-hydrogen) atoms. The predicted molar refractivity (Wildman–Crippen MR) is 127 cm³/mol. The lowest BCUT2D eigenvalue weighted by Crippen LogP contribution is -2.08. The molecular formula is C29H22O2. The summed E-state index contributed by atoms with van der Waals surface area (Å²) in [4.78, 5) is 12.5. The Labute approximate surface area is 181 Å². The number of carbonyl (C=O) groups is 1. The highest BCUT2D eigenvalue weighted by Crippen LogP contribution is 2.22. The third kappa shape index (κ3) is 4.34. The van der Waals surface area contributed by atoms with Crippen molar-refractivity contribution in [1.29, 1.82) is 0 Å². The molecule has 150 valence electrons. The molecule has 0 unspecified atom stereocenters. The van der Waals surface area contributed by atoms with Crippen molar-refractivity contribution in [1.82, 2.24) is 0 Å². The second-order valence-electron chi connectivity index (χ2n) is 7.78. The molecule has 0 aromatic heterocycles. The fourth-order valence-corrected chi connectivity index (χ4v) is 3.92. The lowest BCUT2D eigenvalue weighted by atomic mass is 9.98. The number of rotatable bonds is 5. The van der Waals surface area contributed by atoms with Gasteiger partial charge in [0, 0.05) is 0 Å². The molecule has 5 aromatic carbocycles. The maximum absolute atomic E-state index is 12.5. The maximum Gasteiger partial charge on any atom is 0.343 e. The van der Waals surface area contributed by atoms with E-state index < -0.39 is 0 Å². The average Bonchev–Trinajstić information content (AvgIpc) is 2.82. The zero-order chi connectivity index (χ0) is 21.0. The van der Waals surface area contributed by atoms with Crippen molar-refractivity contribution in [3.05, 3.63) is 126 Å². The molecule has 0 atom stereocenters. The molecule has 2 heteroatoms. The van der Waals surface area contributed by atoms with E-state index in [4.69, 9.17) is 4.74 Å². The van der Waals surface area contributed by atoms with Crippen molar-refractivity contribution in [2.45, 2.75) is 12.8 Å². The van der Waals surface area contributed by atoms with Gasteiger partial charge in [0.05, 0.1) is 5.56 Å². The summed E-state index contributed by atoms with van der Waals surface area (Å²) >= 11 is 0. The van der Waals surface area contributed by atoms with E-state index in [-0.39, 0.29) is 5.97 Å². The first kappa shape index (κ1) is 19.1. The Kier molecular flexibility index (Phi) is 5.20. The quantitative estimate of drug-likeness (QED) is 0.234. The van der Waals surface area contributed by atoms with Crippen LogP contribution in [0, 0.1) is 0 Å². The van der Waals surface area contributed by atoms with Gasteiger partial charge in [0.2, 0.25) is 0 Å². The van der Waals surface area contributed by atoms with Crippen LogP contribution in [0.4, 0.5) is 0 Å². The van der Waals surface area contributed by atoms with Crippen molar-refractivity contribution in [2.24, 2.45) is 0 Å². The third-order valence-corrected chi connectivity index (χ3v) is 5.61. The summed E-state index contributed by atoms with van der Waals surface area (Å²) in [7, 11) is 0. The summed E-state index contributed by atoms with van der Waals surface area (Å²) in [5, 5.41) is 4.73. The van der Waals surface area contributed by atoms with Gasteiger partial charge < -0.3 is 4.74 Å². The number of aryl methyl sites for hydroxylation is 2. The van der Waals surface area contributed by atoms with E-state index in [9.17, 15) is 4.79 Å². The maximum atomic E-state index is 12.5. The number of carbonyl (C=O) groups excluding carboxylic acids is 1. The molecule has 0 aliphatic carbocycles. The number of hydrogen-bond acceptors (Lipinski definition) is 2. The van der Waals surface area contributed by atoms with E-state index >= 15 is 0 Å². The molecular weight excluding hydrogens is 380 g/mol. The standard InChI is InChI=1S/C29H22O2/c30-29(31-28-8-2-1-3-9-28)27-17-16-25-19-22(13-15-26(25)20-27)11-10-21-12-14-23-6-4-5-7-24(23)18-21/h1-9,12-20H,10-11H2. The molecule has 0 amide bonds. The molecule has 0 spiro atoms. The van der Waals surface area contributed by atoms with E-state index in [1.54, 1.807) is 12.1 Å². The van der Waals surface area contributed by atoms with E-state index in [2.05, 4.69) is 60.7 Å². The predicted octanol–water partition coefficient (Wildman–Crippen LogP) is 7.00. The molecule has 0 fully saturated rings. The number of para-hydroxylation sites is 1. The first-order chi connectivity index (χ1) is 15.2. The Morgan fingerprint density at radius 3 is 1.84 bits per heavy atom. The molecule has 0 aliphatic heterocycles. The van der Waals surface area contributed by atoms with Crippen LogP contribution in [-0.2, 0) is 12.8 Å². The Morgan fingerprint density at radius 1 is 0.548 bits per heavy atom. The highest BCUT2D eigenvalue weighted by molar-refractivity contribution is 5.96. The monoisotopic (exact) mass is 402 g/mol. The van der Waals surface area contributed by atoms with Crippen LogP contribution in [-0.4, -0.2) is 5.97 Å². The number of ether oxygens (including phenoxy) is 1. The fourth-order valence-electron chi connectivity index (χ4n) is 3.92. The highest BCUT2D eigenvalue weighted by atomic mass is 16.5. The second kappa shape index (κ2) is 8.45. The largest absolute Gasteiger partial charge is 0.423 e. The van der Waals surface area contributed by atoms with Crippen molar-refractivity contribution in [2.75, 3.05) is 0 Å².